The molecule has 1 aliphatic carbocycles. The monoisotopic (exact) mass is 305 g/mol. The molecule has 0 aromatic carbocycles. The van der Waals surface area contributed by atoms with Crippen LogP contribution in [-0.4, -0.2) is 48.2 Å². The summed E-state index contributed by atoms with van der Waals surface area (Å²) in [7, 11) is 0. The third-order valence-corrected chi connectivity index (χ3v) is 4.46. The molecular formula is C16H23N3O3. The van der Waals surface area contributed by atoms with Crippen LogP contribution in [0.3, 0.4) is 0 Å². The Morgan fingerprint density at radius 1 is 1.36 bits per heavy atom. The summed E-state index contributed by atoms with van der Waals surface area (Å²) in [4.78, 5) is 31.1. The zero-order valence-electron chi connectivity index (χ0n) is 13.4. The highest BCUT2D eigenvalue weighted by atomic mass is 16.6. The molecule has 120 valence electrons. The van der Waals surface area contributed by atoms with Crippen LogP contribution >= 0.6 is 0 Å². The molecule has 6 nitrogen and oxygen atoms in total. The lowest BCUT2D eigenvalue weighted by Crippen LogP contribution is -2.41. The number of aliphatic imine (C=N–C) groups is 1. The van der Waals surface area contributed by atoms with Crippen LogP contribution in [0, 0.1) is 5.41 Å². The maximum atomic E-state index is 12.8. The van der Waals surface area contributed by atoms with Gasteiger partial charge in [-0.15, -0.1) is 0 Å². The summed E-state index contributed by atoms with van der Waals surface area (Å²) in [6, 6.07) is 0. The Kier molecular flexibility index (Phi) is 3.59. The van der Waals surface area contributed by atoms with Crippen LogP contribution in [0.1, 0.15) is 40.0 Å². The molecule has 3 aliphatic rings. The predicted octanol–water partition coefficient (Wildman–Crippen LogP) is 1.86. The molecule has 1 saturated heterocycles. The third kappa shape index (κ3) is 2.56. The molecule has 0 unspecified atom stereocenters. The van der Waals surface area contributed by atoms with Crippen molar-refractivity contribution in [2.75, 3.05) is 19.6 Å². The van der Waals surface area contributed by atoms with E-state index < -0.39 is 11.7 Å². The number of piperidine rings is 1. The smallest absolute Gasteiger partial charge is 0.414 e. The average molecular weight is 305 g/mol. The lowest BCUT2D eigenvalue weighted by atomic mass is 9.75. The van der Waals surface area contributed by atoms with Crippen molar-refractivity contribution >= 4 is 18.1 Å². The molecule has 1 fully saturated rings. The van der Waals surface area contributed by atoms with Gasteiger partial charge in [-0.1, -0.05) is 0 Å². The molecule has 1 N–H and O–H groups in total. The van der Waals surface area contributed by atoms with Gasteiger partial charge in [-0.05, 0) is 46.7 Å². The van der Waals surface area contributed by atoms with E-state index in [1.165, 1.54) is 0 Å². The number of hydrogen-bond donors (Lipinski definition) is 1. The van der Waals surface area contributed by atoms with E-state index >= 15 is 0 Å². The number of carbonyl (C=O) groups excluding carboxylic acids is 2. The molecule has 0 radical (unpaired) electrons. The fourth-order valence-electron chi connectivity index (χ4n) is 3.36. The van der Waals surface area contributed by atoms with Gasteiger partial charge in [-0.3, -0.25) is 14.7 Å². The summed E-state index contributed by atoms with van der Waals surface area (Å²) in [6.07, 6.45) is 3.43. The van der Waals surface area contributed by atoms with E-state index in [2.05, 4.69) is 10.3 Å². The molecular weight excluding hydrogens is 282 g/mol. The fourth-order valence-corrected chi connectivity index (χ4v) is 3.36. The first-order chi connectivity index (χ1) is 10.3. The van der Waals surface area contributed by atoms with Gasteiger partial charge in [0.25, 0.3) is 0 Å². The van der Waals surface area contributed by atoms with Gasteiger partial charge in [-0.25, -0.2) is 4.79 Å². The van der Waals surface area contributed by atoms with Crippen LogP contribution in [0.4, 0.5) is 4.79 Å². The Labute approximate surface area is 130 Å². The van der Waals surface area contributed by atoms with Crippen molar-refractivity contribution in [1.29, 1.82) is 0 Å². The predicted molar refractivity (Wildman–Crippen MR) is 82.6 cm³/mol. The van der Waals surface area contributed by atoms with E-state index in [9.17, 15) is 9.59 Å². The van der Waals surface area contributed by atoms with E-state index in [1.54, 1.807) is 11.1 Å². The van der Waals surface area contributed by atoms with Crippen LogP contribution in [0.5, 0.6) is 0 Å². The highest BCUT2D eigenvalue weighted by Crippen LogP contribution is 2.47. The summed E-state index contributed by atoms with van der Waals surface area (Å²) < 4.78 is 5.46. The highest BCUT2D eigenvalue weighted by molar-refractivity contribution is 6.05. The Morgan fingerprint density at radius 3 is 2.68 bits per heavy atom. The Morgan fingerprint density at radius 2 is 2.05 bits per heavy atom. The number of carbonyl (C=O) groups is 2. The second-order valence-electron chi connectivity index (χ2n) is 7.23. The summed E-state index contributed by atoms with van der Waals surface area (Å²) in [5.41, 5.74) is 0.266. The highest BCUT2D eigenvalue weighted by Gasteiger charge is 2.50. The number of ether oxygens (including phenoxy) is 1. The van der Waals surface area contributed by atoms with Gasteiger partial charge in [-0.2, -0.15) is 0 Å². The molecule has 0 aromatic heterocycles. The quantitative estimate of drug-likeness (QED) is 0.741. The molecule has 22 heavy (non-hydrogen) atoms. The van der Waals surface area contributed by atoms with Crippen molar-refractivity contribution in [1.82, 2.24) is 10.2 Å². The van der Waals surface area contributed by atoms with Gasteiger partial charge in [0.1, 0.15) is 11.3 Å². The van der Waals surface area contributed by atoms with Crippen molar-refractivity contribution in [3.05, 3.63) is 11.4 Å². The number of ketones is 1. The Balaban J connectivity index is 1.85. The van der Waals surface area contributed by atoms with E-state index in [1.807, 2.05) is 20.8 Å². The number of hydrogen-bond acceptors (Lipinski definition) is 5. The first-order valence-electron chi connectivity index (χ1n) is 7.84. The molecule has 3 rings (SSSR count). The molecule has 6 heteroatoms. The maximum Gasteiger partial charge on any atom is 0.414 e. The maximum absolute atomic E-state index is 12.8. The molecule has 0 bridgehead atoms. The first kappa shape index (κ1) is 15.2. The summed E-state index contributed by atoms with van der Waals surface area (Å²) in [6.45, 7) is 7.56. The number of amides is 1. The minimum atomic E-state index is -0.554. The van der Waals surface area contributed by atoms with Crippen LogP contribution in [0.15, 0.2) is 16.4 Å². The van der Waals surface area contributed by atoms with E-state index in [0.29, 0.717) is 18.7 Å². The Hall–Kier alpha value is -1.69. The number of nitrogens with zero attached hydrogens (tertiary/aromatic N) is 2. The largest absolute Gasteiger partial charge is 0.443 e. The summed E-state index contributed by atoms with van der Waals surface area (Å²) in [5.74, 6) is 0.0912. The summed E-state index contributed by atoms with van der Waals surface area (Å²) in [5, 5.41) is 3.29. The van der Waals surface area contributed by atoms with Crippen molar-refractivity contribution < 1.29 is 14.3 Å². The van der Waals surface area contributed by atoms with Gasteiger partial charge in [0, 0.05) is 18.1 Å². The molecule has 2 heterocycles. The molecule has 1 amide bonds. The van der Waals surface area contributed by atoms with Gasteiger partial charge in [0.2, 0.25) is 0 Å². The van der Waals surface area contributed by atoms with E-state index in [4.69, 9.17) is 4.74 Å². The minimum absolute atomic E-state index is 0.0912. The number of Topliss-reactive ketones (excluding diaryl/α,β-unsaturated/α-hetero) is 1. The number of allylic oxidation sites excluding steroid dienone is 2. The van der Waals surface area contributed by atoms with Crippen LogP contribution in [-0.2, 0) is 9.53 Å². The molecule has 0 aromatic rings. The lowest BCUT2D eigenvalue weighted by Gasteiger charge is -2.33. The number of rotatable bonds is 0. The van der Waals surface area contributed by atoms with Crippen molar-refractivity contribution in [3.8, 4) is 0 Å². The molecule has 0 saturated carbocycles. The van der Waals surface area contributed by atoms with E-state index in [-0.39, 0.29) is 11.2 Å². The van der Waals surface area contributed by atoms with Crippen LogP contribution < -0.4 is 5.32 Å². The molecule has 0 atom stereocenters. The van der Waals surface area contributed by atoms with Gasteiger partial charge in [0.15, 0.2) is 5.78 Å². The zero-order chi connectivity index (χ0) is 16.0. The summed E-state index contributed by atoms with van der Waals surface area (Å²) >= 11 is 0. The third-order valence-electron chi connectivity index (χ3n) is 4.46. The second-order valence-corrected chi connectivity index (χ2v) is 7.23. The van der Waals surface area contributed by atoms with Crippen molar-refractivity contribution in [2.45, 2.75) is 45.6 Å². The molecule has 2 aliphatic heterocycles. The van der Waals surface area contributed by atoms with Crippen molar-refractivity contribution in [3.63, 3.8) is 0 Å². The topological polar surface area (TPSA) is 71.0 Å². The SMILES string of the molecule is CC(C)(C)OC(=O)N1CC=NC2=C1CC1(CCNCC1)C2=O. The zero-order valence-corrected chi connectivity index (χ0v) is 13.4. The van der Waals surface area contributed by atoms with Gasteiger partial charge >= 0.3 is 6.09 Å². The first-order valence-corrected chi connectivity index (χ1v) is 7.84. The second kappa shape index (κ2) is 5.19. The van der Waals surface area contributed by atoms with Crippen molar-refractivity contribution in [2.24, 2.45) is 10.4 Å². The van der Waals surface area contributed by atoms with E-state index in [0.717, 1.165) is 31.6 Å². The van der Waals surface area contributed by atoms with Gasteiger partial charge in [0.05, 0.1) is 12.2 Å². The normalized spacial score (nSPS) is 24.0. The van der Waals surface area contributed by atoms with Gasteiger partial charge < -0.3 is 10.1 Å². The molecule has 1 spiro atoms. The average Bonchev–Trinajstić information content (AvgIpc) is 2.71. The Bertz CT molecular complexity index is 566. The lowest BCUT2D eigenvalue weighted by molar-refractivity contribution is -0.125. The minimum Gasteiger partial charge on any atom is -0.443 e. The standard InChI is InChI=1S/C16H23N3O3/c1-15(2,3)22-14(21)19-9-8-18-12-11(19)10-16(13(12)20)4-6-17-7-5-16/h8,17H,4-7,9-10H2,1-3H3. The number of nitrogens with one attached hydrogen (secondary N) is 1. The van der Waals surface area contributed by atoms with Crippen LogP contribution in [0.25, 0.3) is 0 Å². The van der Waals surface area contributed by atoms with Crippen LogP contribution in [0.2, 0.25) is 0 Å². The fraction of sp³-hybridized carbons (Fsp3) is 0.688.